The Bertz CT molecular complexity index is 45.8. The molecule has 0 bridgehead atoms. The molecule has 49 valence electrons. The highest BCUT2D eigenvalue weighted by Crippen LogP contribution is 1.99. The van der Waals surface area contributed by atoms with Gasteiger partial charge in [0, 0.05) is 13.5 Å². The Balaban J connectivity index is 2.86. The van der Waals surface area contributed by atoms with Gasteiger partial charge in [-0.05, 0) is 6.42 Å². The third kappa shape index (κ3) is 4.09. The molecule has 2 heteroatoms. The summed E-state index contributed by atoms with van der Waals surface area (Å²) in [5.74, 6) is 0. The molecule has 0 aliphatic rings. The average molecular weight is 117 g/mol. The molecule has 1 atom stereocenters. The smallest absolute Gasteiger partial charge is 0.190 e. The minimum atomic E-state index is -0.796. The van der Waals surface area contributed by atoms with Crippen LogP contribution in [0.2, 0.25) is 0 Å². The van der Waals surface area contributed by atoms with Crippen molar-refractivity contribution in [3.05, 3.63) is 0 Å². The number of ether oxygens (including phenoxy) is 1. The molecule has 0 rings (SSSR count). The van der Waals surface area contributed by atoms with E-state index in [1.807, 2.05) is 0 Å². The predicted molar refractivity (Wildman–Crippen MR) is 31.0 cm³/mol. The third-order valence-corrected chi connectivity index (χ3v) is 1.06. The maximum atomic E-state index is 10.4. The maximum absolute atomic E-state index is 10.4. The van der Waals surface area contributed by atoms with Crippen LogP contribution >= 0.6 is 0 Å². The van der Waals surface area contributed by atoms with E-state index in [-0.39, 0.29) is 0 Å². The topological polar surface area (TPSA) is 29.1 Å². The number of hydrogen-bond acceptors (Lipinski definition) is 1. The minimum Gasteiger partial charge on any atom is -0.353 e. The quantitative estimate of drug-likeness (QED) is 0.514. The van der Waals surface area contributed by atoms with Gasteiger partial charge >= 0.3 is 0 Å². The largest absolute Gasteiger partial charge is 0.353 e. The molecule has 1 radical (unpaired) electrons. The van der Waals surface area contributed by atoms with E-state index in [0.29, 0.717) is 6.42 Å². The zero-order chi connectivity index (χ0) is 6.41. The van der Waals surface area contributed by atoms with Gasteiger partial charge in [-0.3, -0.25) is 0 Å². The summed E-state index contributed by atoms with van der Waals surface area (Å²) in [6.07, 6.45) is 1.90. The highest BCUT2D eigenvalue weighted by atomic mass is 16.6. The Morgan fingerprint density at radius 1 is 1.62 bits per heavy atom. The van der Waals surface area contributed by atoms with Gasteiger partial charge < -0.3 is 4.74 Å². The fourth-order valence-electron chi connectivity index (χ4n) is 0.489. The Morgan fingerprint density at radius 2 is 2.25 bits per heavy atom. The summed E-state index contributed by atoms with van der Waals surface area (Å²) in [4.78, 5) is 0. The molecule has 0 amide bonds. The zero-order valence-corrected chi connectivity index (χ0v) is 5.52. The molecule has 1 unspecified atom stereocenters. The molecule has 0 spiro atoms. The Kier molecular flexibility index (Phi) is 5.01. The first-order valence-corrected chi connectivity index (χ1v) is 3.00. The van der Waals surface area contributed by atoms with Gasteiger partial charge in [0.05, 0.1) is 0 Å². The van der Waals surface area contributed by atoms with Crippen LogP contribution in [-0.2, 0) is 9.84 Å². The highest BCUT2D eigenvalue weighted by molar-refractivity contribution is 4.38. The Morgan fingerprint density at radius 3 is 2.62 bits per heavy atom. The van der Waals surface area contributed by atoms with Crippen LogP contribution in [0.5, 0.6) is 0 Å². The summed E-state index contributed by atoms with van der Waals surface area (Å²) >= 11 is 0. The second kappa shape index (κ2) is 5.06. The number of rotatable bonds is 4. The van der Waals surface area contributed by atoms with Crippen molar-refractivity contribution >= 4 is 0 Å². The lowest BCUT2D eigenvalue weighted by atomic mass is 10.2. The van der Waals surface area contributed by atoms with Gasteiger partial charge in [0.25, 0.3) is 0 Å². The molecule has 2 nitrogen and oxygen atoms in total. The van der Waals surface area contributed by atoms with Crippen LogP contribution in [0.3, 0.4) is 0 Å². The van der Waals surface area contributed by atoms with Crippen LogP contribution in [0.1, 0.15) is 26.2 Å². The average Bonchev–Trinajstić information content (AvgIpc) is 1.83. The monoisotopic (exact) mass is 117 g/mol. The van der Waals surface area contributed by atoms with E-state index < -0.39 is 6.29 Å². The molecular formula is C6H13O2. The van der Waals surface area contributed by atoms with Gasteiger partial charge in [-0.15, -0.1) is 0 Å². The second-order valence-corrected chi connectivity index (χ2v) is 1.81. The van der Waals surface area contributed by atoms with E-state index in [0.717, 1.165) is 12.8 Å². The number of hydrogen-bond donors (Lipinski definition) is 0. The summed E-state index contributed by atoms with van der Waals surface area (Å²) in [5, 5.41) is 10.4. The van der Waals surface area contributed by atoms with Crippen LogP contribution in [0, 0.1) is 0 Å². The van der Waals surface area contributed by atoms with Crippen molar-refractivity contribution in [3.63, 3.8) is 0 Å². The van der Waals surface area contributed by atoms with Crippen molar-refractivity contribution in [2.75, 3.05) is 7.11 Å². The Hall–Kier alpha value is -0.0800. The van der Waals surface area contributed by atoms with Crippen molar-refractivity contribution in [2.24, 2.45) is 0 Å². The predicted octanol–water partition coefficient (Wildman–Crippen LogP) is 1.58. The van der Waals surface area contributed by atoms with Gasteiger partial charge in [-0.2, -0.15) is 0 Å². The van der Waals surface area contributed by atoms with Gasteiger partial charge in [0.2, 0.25) is 0 Å². The Labute approximate surface area is 50.5 Å². The molecular weight excluding hydrogens is 104 g/mol. The lowest BCUT2D eigenvalue weighted by Gasteiger charge is -2.02. The summed E-state index contributed by atoms with van der Waals surface area (Å²) in [5.41, 5.74) is 0. The SMILES string of the molecule is CCCCC([O])OC. The van der Waals surface area contributed by atoms with E-state index in [1.165, 1.54) is 7.11 Å². The highest BCUT2D eigenvalue weighted by Gasteiger charge is 1.99. The van der Waals surface area contributed by atoms with Gasteiger partial charge in [-0.1, -0.05) is 13.3 Å². The number of methoxy groups -OCH3 is 1. The maximum Gasteiger partial charge on any atom is 0.190 e. The van der Waals surface area contributed by atoms with Crippen LogP contribution in [0.15, 0.2) is 0 Å². The van der Waals surface area contributed by atoms with Crippen molar-refractivity contribution < 1.29 is 9.84 Å². The standard InChI is InChI=1S/C6H13O2/c1-3-4-5-6(7)8-2/h6H,3-5H2,1-2H3. The van der Waals surface area contributed by atoms with E-state index in [4.69, 9.17) is 0 Å². The minimum absolute atomic E-state index is 0.646. The van der Waals surface area contributed by atoms with E-state index >= 15 is 0 Å². The molecule has 0 aromatic rings. The van der Waals surface area contributed by atoms with Crippen molar-refractivity contribution in [1.29, 1.82) is 0 Å². The summed E-state index contributed by atoms with van der Waals surface area (Å²) in [6.45, 7) is 2.06. The van der Waals surface area contributed by atoms with Crippen LogP contribution in [0.25, 0.3) is 0 Å². The lowest BCUT2D eigenvalue weighted by molar-refractivity contribution is -0.123. The zero-order valence-electron chi connectivity index (χ0n) is 5.52. The molecule has 0 aliphatic carbocycles. The molecule has 0 N–H and O–H groups in total. The lowest BCUT2D eigenvalue weighted by Crippen LogP contribution is -2.05. The molecule has 0 saturated heterocycles. The first kappa shape index (κ1) is 7.92. The molecule has 0 aliphatic heterocycles. The summed E-state index contributed by atoms with van der Waals surface area (Å²) in [7, 11) is 1.45. The van der Waals surface area contributed by atoms with E-state index in [1.54, 1.807) is 0 Å². The summed E-state index contributed by atoms with van der Waals surface area (Å²) < 4.78 is 4.50. The normalized spacial score (nSPS) is 13.9. The molecule has 0 saturated carbocycles. The molecule has 0 heterocycles. The molecule has 0 fully saturated rings. The number of unbranched alkanes of at least 4 members (excludes halogenated alkanes) is 1. The van der Waals surface area contributed by atoms with E-state index in [9.17, 15) is 5.11 Å². The van der Waals surface area contributed by atoms with E-state index in [2.05, 4.69) is 11.7 Å². The fourth-order valence-corrected chi connectivity index (χ4v) is 0.489. The van der Waals surface area contributed by atoms with Crippen LogP contribution < -0.4 is 0 Å². The first-order chi connectivity index (χ1) is 3.81. The van der Waals surface area contributed by atoms with Crippen LogP contribution in [-0.4, -0.2) is 13.4 Å². The van der Waals surface area contributed by atoms with Gasteiger partial charge in [0.1, 0.15) is 0 Å². The van der Waals surface area contributed by atoms with Crippen LogP contribution in [0.4, 0.5) is 0 Å². The molecule has 0 aromatic heterocycles. The summed E-state index contributed by atoms with van der Waals surface area (Å²) in [6, 6.07) is 0. The molecule has 8 heavy (non-hydrogen) atoms. The van der Waals surface area contributed by atoms with Crippen molar-refractivity contribution in [2.45, 2.75) is 32.5 Å². The van der Waals surface area contributed by atoms with Crippen molar-refractivity contribution in [1.82, 2.24) is 0 Å². The molecule has 0 aromatic carbocycles. The van der Waals surface area contributed by atoms with Gasteiger partial charge in [-0.25, -0.2) is 5.11 Å². The van der Waals surface area contributed by atoms with Crippen molar-refractivity contribution in [3.8, 4) is 0 Å². The fraction of sp³-hybridized carbons (Fsp3) is 1.00. The second-order valence-electron chi connectivity index (χ2n) is 1.81. The third-order valence-electron chi connectivity index (χ3n) is 1.06. The first-order valence-electron chi connectivity index (χ1n) is 3.00. The van der Waals surface area contributed by atoms with Gasteiger partial charge in [0.15, 0.2) is 6.29 Å².